The Labute approximate surface area is 98.2 Å². The molecule has 2 rings (SSSR count). The lowest BCUT2D eigenvalue weighted by molar-refractivity contribution is 0.193. The lowest BCUT2D eigenvalue weighted by Gasteiger charge is -2.26. The van der Waals surface area contributed by atoms with Gasteiger partial charge in [0, 0.05) is 13.7 Å². The highest BCUT2D eigenvalue weighted by Gasteiger charge is 2.25. The molecule has 0 amide bonds. The SMILES string of the molecule is CN(c1c(F)cc(C#N)cc1F)C1CCOC1. The zero-order valence-electron chi connectivity index (χ0n) is 9.41. The second kappa shape index (κ2) is 4.68. The highest BCUT2D eigenvalue weighted by molar-refractivity contribution is 5.53. The standard InChI is InChI=1S/C12H12F2N2O/c1-16(9-2-3-17-7-9)12-10(13)4-8(6-15)5-11(12)14/h4-5,9H,2-3,7H2,1H3. The zero-order chi connectivity index (χ0) is 12.4. The van der Waals surface area contributed by atoms with E-state index in [1.165, 1.54) is 0 Å². The van der Waals surface area contributed by atoms with E-state index in [1.807, 2.05) is 0 Å². The number of likely N-dealkylation sites (N-methyl/N-ethyl adjacent to an activating group) is 1. The maximum absolute atomic E-state index is 13.7. The van der Waals surface area contributed by atoms with E-state index in [4.69, 9.17) is 10.00 Å². The Morgan fingerprint density at radius 1 is 1.41 bits per heavy atom. The van der Waals surface area contributed by atoms with Crippen LogP contribution in [-0.2, 0) is 4.74 Å². The smallest absolute Gasteiger partial charge is 0.150 e. The third-order valence-electron chi connectivity index (χ3n) is 2.95. The molecule has 1 saturated heterocycles. The second-order valence-electron chi connectivity index (χ2n) is 4.03. The molecule has 0 bridgehead atoms. The second-order valence-corrected chi connectivity index (χ2v) is 4.03. The normalized spacial score (nSPS) is 19.1. The van der Waals surface area contributed by atoms with Crippen LogP contribution in [0.4, 0.5) is 14.5 Å². The van der Waals surface area contributed by atoms with Gasteiger partial charge in [0.05, 0.1) is 24.3 Å². The summed E-state index contributed by atoms with van der Waals surface area (Å²) in [5, 5.41) is 8.61. The minimum absolute atomic E-state index is 0.0141. The van der Waals surface area contributed by atoms with Gasteiger partial charge in [-0.1, -0.05) is 0 Å². The molecule has 0 spiro atoms. The maximum Gasteiger partial charge on any atom is 0.150 e. The summed E-state index contributed by atoms with van der Waals surface area (Å²) in [5.74, 6) is -1.42. The van der Waals surface area contributed by atoms with E-state index in [9.17, 15) is 8.78 Å². The van der Waals surface area contributed by atoms with Crippen molar-refractivity contribution in [1.82, 2.24) is 0 Å². The topological polar surface area (TPSA) is 36.3 Å². The molecule has 1 aliphatic rings. The van der Waals surface area contributed by atoms with E-state index < -0.39 is 11.6 Å². The summed E-state index contributed by atoms with van der Waals surface area (Å²) in [7, 11) is 1.63. The summed E-state index contributed by atoms with van der Waals surface area (Å²) < 4.78 is 32.6. The van der Waals surface area contributed by atoms with Crippen LogP contribution in [0, 0.1) is 23.0 Å². The molecule has 17 heavy (non-hydrogen) atoms. The van der Waals surface area contributed by atoms with Crippen molar-refractivity contribution in [2.45, 2.75) is 12.5 Å². The van der Waals surface area contributed by atoms with Crippen LogP contribution in [0.5, 0.6) is 0 Å². The first-order chi connectivity index (χ1) is 8.13. The predicted octanol–water partition coefficient (Wildman–Crippen LogP) is 2.06. The molecular weight excluding hydrogens is 226 g/mol. The van der Waals surface area contributed by atoms with Gasteiger partial charge in [-0.15, -0.1) is 0 Å². The van der Waals surface area contributed by atoms with Crippen LogP contribution < -0.4 is 4.90 Å². The van der Waals surface area contributed by atoms with Gasteiger partial charge >= 0.3 is 0 Å². The van der Waals surface area contributed by atoms with E-state index in [0.29, 0.717) is 13.2 Å². The van der Waals surface area contributed by atoms with Gasteiger partial charge in [-0.3, -0.25) is 0 Å². The van der Waals surface area contributed by atoms with E-state index in [-0.39, 0.29) is 17.3 Å². The van der Waals surface area contributed by atoms with Crippen molar-refractivity contribution in [1.29, 1.82) is 5.26 Å². The van der Waals surface area contributed by atoms with Crippen molar-refractivity contribution in [3.8, 4) is 6.07 Å². The van der Waals surface area contributed by atoms with E-state index in [1.54, 1.807) is 18.0 Å². The molecule has 1 fully saturated rings. The number of nitriles is 1. The van der Waals surface area contributed by atoms with Crippen molar-refractivity contribution in [3.05, 3.63) is 29.3 Å². The first-order valence-corrected chi connectivity index (χ1v) is 5.33. The summed E-state index contributed by atoms with van der Waals surface area (Å²) in [6.45, 7) is 1.07. The number of anilines is 1. The van der Waals surface area contributed by atoms with Gasteiger partial charge in [0.25, 0.3) is 0 Å². The number of rotatable bonds is 2. The molecule has 0 radical (unpaired) electrons. The molecule has 1 aliphatic heterocycles. The van der Waals surface area contributed by atoms with Gasteiger partial charge in [0.2, 0.25) is 0 Å². The van der Waals surface area contributed by atoms with Gasteiger partial charge in [0.1, 0.15) is 5.69 Å². The minimum Gasteiger partial charge on any atom is -0.379 e. The van der Waals surface area contributed by atoms with Gasteiger partial charge in [0.15, 0.2) is 11.6 Å². The van der Waals surface area contributed by atoms with Crippen molar-refractivity contribution in [3.63, 3.8) is 0 Å². The molecular formula is C12H12F2N2O. The van der Waals surface area contributed by atoms with E-state index in [0.717, 1.165) is 18.6 Å². The minimum atomic E-state index is -0.712. The molecule has 1 aromatic carbocycles. The van der Waals surface area contributed by atoms with Gasteiger partial charge in [-0.05, 0) is 18.6 Å². The first kappa shape index (κ1) is 11.8. The van der Waals surface area contributed by atoms with Crippen LogP contribution in [0.15, 0.2) is 12.1 Å². The predicted molar refractivity (Wildman–Crippen MR) is 58.7 cm³/mol. The highest BCUT2D eigenvalue weighted by Crippen LogP contribution is 2.27. The Bertz CT molecular complexity index is 441. The fourth-order valence-corrected chi connectivity index (χ4v) is 1.98. The Morgan fingerprint density at radius 3 is 2.53 bits per heavy atom. The average Bonchev–Trinajstić information content (AvgIpc) is 2.81. The average molecular weight is 238 g/mol. The summed E-state index contributed by atoms with van der Waals surface area (Å²) >= 11 is 0. The Morgan fingerprint density at radius 2 is 2.06 bits per heavy atom. The zero-order valence-corrected chi connectivity index (χ0v) is 9.41. The van der Waals surface area contributed by atoms with Crippen molar-refractivity contribution >= 4 is 5.69 Å². The van der Waals surface area contributed by atoms with Crippen molar-refractivity contribution < 1.29 is 13.5 Å². The first-order valence-electron chi connectivity index (χ1n) is 5.33. The van der Waals surface area contributed by atoms with E-state index in [2.05, 4.69) is 0 Å². The van der Waals surface area contributed by atoms with Crippen molar-refractivity contribution in [2.75, 3.05) is 25.2 Å². The van der Waals surface area contributed by atoms with Gasteiger partial charge in [-0.2, -0.15) is 5.26 Å². The van der Waals surface area contributed by atoms with Crippen LogP contribution >= 0.6 is 0 Å². The molecule has 0 saturated carbocycles. The van der Waals surface area contributed by atoms with Gasteiger partial charge < -0.3 is 9.64 Å². The Kier molecular flexibility index (Phi) is 3.25. The third-order valence-corrected chi connectivity index (χ3v) is 2.95. The number of halogens is 2. The van der Waals surface area contributed by atoms with Crippen LogP contribution in [0.1, 0.15) is 12.0 Å². The molecule has 1 aromatic rings. The van der Waals surface area contributed by atoms with Crippen LogP contribution in [0.25, 0.3) is 0 Å². The number of hydrogen-bond donors (Lipinski definition) is 0. The molecule has 0 N–H and O–H groups in total. The third kappa shape index (κ3) is 2.22. The van der Waals surface area contributed by atoms with Crippen LogP contribution in [0.2, 0.25) is 0 Å². The van der Waals surface area contributed by atoms with Crippen molar-refractivity contribution in [2.24, 2.45) is 0 Å². The summed E-state index contributed by atoms with van der Waals surface area (Å²) in [6, 6.07) is 3.79. The molecule has 1 heterocycles. The fraction of sp³-hybridized carbons (Fsp3) is 0.417. The summed E-state index contributed by atoms with van der Waals surface area (Å²) in [4.78, 5) is 1.54. The Hall–Kier alpha value is -1.67. The lowest BCUT2D eigenvalue weighted by Crippen LogP contribution is -2.33. The van der Waals surface area contributed by atoms with E-state index >= 15 is 0 Å². The lowest BCUT2D eigenvalue weighted by atomic mass is 10.1. The number of benzene rings is 1. The summed E-state index contributed by atoms with van der Waals surface area (Å²) in [6.07, 6.45) is 0.745. The fourth-order valence-electron chi connectivity index (χ4n) is 1.98. The maximum atomic E-state index is 13.7. The molecule has 1 unspecified atom stereocenters. The quantitative estimate of drug-likeness (QED) is 0.791. The molecule has 0 aliphatic carbocycles. The number of ether oxygens (including phenoxy) is 1. The molecule has 0 aromatic heterocycles. The highest BCUT2D eigenvalue weighted by atomic mass is 19.1. The Balaban J connectivity index is 2.35. The number of nitrogens with zero attached hydrogens (tertiary/aromatic N) is 2. The van der Waals surface area contributed by atoms with Gasteiger partial charge in [-0.25, -0.2) is 8.78 Å². The molecule has 90 valence electrons. The largest absolute Gasteiger partial charge is 0.379 e. The van der Waals surface area contributed by atoms with Crippen LogP contribution in [-0.4, -0.2) is 26.3 Å². The monoisotopic (exact) mass is 238 g/mol. The molecule has 5 heteroatoms. The summed E-state index contributed by atoms with van der Waals surface area (Å²) in [5.41, 5.74) is -0.112. The number of hydrogen-bond acceptors (Lipinski definition) is 3. The molecule has 1 atom stereocenters. The van der Waals surface area contributed by atoms with Crippen LogP contribution in [0.3, 0.4) is 0 Å². The molecule has 3 nitrogen and oxygen atoms in total.